The summed E-state index contributed by atoms with van der Waals surface area (Å²) in [5.41, 5.74) is 2.19. The third-order valence-corrected chi connectivity index (χ3v) is 6.00. The van der Waals surface area contributed by atoms with Crippen LogP contribution in [-0.4, -0.2) is 33.8 Å². The van der Waals surface area contributed by atoms with Crippen molar-refractivity contribution in [2.45, 2.75) is 0 Å². The summed E-state index contributed by atoms with van der Waals surface area (Å²) in [6.45, 7) is 0. The van der Waals surface area contributed by atoms with Crippen LogP contribution in [0.5, 0.6) is 0 Å². The van der Waals surface area contributed by atoms with Crippen molar-refractivity contribution in [3.63, 3.8) is 0 Å². The van der Waals surface area contributed by atoms with E-state index in [4.69, 9.17) is 16.0 Å². The lowest BCUT2D eigenvalue weighted by Gasteiger charge is -2.07. The fourth-order valence-electron chi connectivity index (χ4n) is 4.09. The zero-order valence-electron chi connectivity index (χ0n) is 17.0. The molecule has 0 fully saturated rings. The topological polar surface area (TPSA) is 122 Å². The number of halogens is 1. The fraction of sp³-hybridized carbons (Fsp3) is 0. The Balaban J connectivity index is 1.39. The largest absolute Gasteiger partial charge is 0.403 e. The number of rotatable bonds is 3. The molecule has 0 unspecified atom stereocenters. The Morgan fingerprint density at radius 2 is 1.47 bits per heavy atom. The Hall–Kier alpha value is -4.63. The number of benzene rings is 3. The van der Waals surface area contributed by atoms with E-state index in [0.717, 1.165) is 4.90 Å². The van der Waals surface area contributed by atoms with Crippen LogP contribution in [0.3, 0.4) is 0 Å². The molecule has 1 N–H and O–H groups in total. The van der Waals surface area contributed by atoms with Crippen LogP contribution in [0.15, 0.2) is 65.1 Å². The summed E-state index contributed by atoms with van der Waals surface area (Å²) >= 11 is 6.17. The third-order valence-electron chi connectivity index (χ3n) is 5.67. The first kappa shape index (κ1) is 20.0. The molecule has 2 aliphatic rings. The first-order valence-electron chi connectivity index (χ1n) is 10.0. The van der Waals surface area contributed by atoms with Gasteiger partial charge in [0.1, 0.15) is 0 Å². The SMILES string of the molecule is O=C1NC(=O)c2c1cccc2-c1ccc2c(c1)C(=O)N(c1nnc(-c3ccccc3Cl)o1)C2=O. The molecule has 4 amide bonds. The molecule has 3 heterocycles. The summed E-state index contributed by atoms with van der Waals surface area (Å²) in [5, 5.41) is 10.4. The molecule has 0 aliphatic carbocycles. The standard InChI is InChI=1S/C24H11ClN4O5/c25-17-7-2-1-4-14(17)21-27-28-24(34-21)29-22(32)13-9-8-11(10-16(13)23(29)33)12-5-3-6-15-18(12)20(31)26-19(15)30/h1-10H,(H,26,30,31). The van der Waals surface area contributed by atoms with Gasteiger partial charge in [-0.25, -0.2) is 0 Å². The number of anilines is 1. The van der Waals surface area contributed by atoms with E-state index in [0.29, 0.717) is 21.7 Å². The number of nitrogens with one attached hydrogen (secondary N) is 1. The van der Waals surface area contributed by atoms with Crippen LogP contribution in [0.25, 0.3) is 22.6 Å². The highest BCUT2D eigenvalue weighted by molar-refractivity contribution is 6.34. The highest BCUT2D eigenvalue weighted by atomic mass is 35.5. The molecule has 0 radical (unpaired) electrons. The number of hydrogen-bond donors (Lipinski definition) is 1. The van der Waals surface area contributed by atoms with Gasteiger partial charge < -0.3 is 4.42 Å². The van der Waals surface area contributed by atoms with E-state index in [-0.39, 0.29) is 34.2 Å². The van der Waals surface area contributed by atoms with E-state index in [9.17, 15) is 19.2 Å². The minimum absolute atomic E-state index is 0.0633. The van der Waals surface area contributed by atoms with Crippen LogP contribution < -0.4 is 10.2 Å². The van der Waals surface area contributed by atoms with Gasteiger partial charge in [-0.3, -0.25) is 24.5 Å². The summed E-state index contributed by atoms with van der Waals surface area (Å²) in [6, 6.07) is 16.0. The van der Waals surface area contributed by atoms with E-state index in [1.165, 1.54) is 12.1 Å². The summed E-state index contributed by atoms with van der Waals surface area (Å²) in [6.07, 6.45) is 0. The van der Waals surface area contributed by atoms with E-state index in [1.54, 1.807) is 48.5 Å². The maximum absolute atomic E-state index is 13.2. The maximum Gasteiger partial charge on any atom is 0.332 e. The summed E-state index contributed by atoms with van der Waals surface area (Å²) in [5.74, 6) is -2.20. The number of aromatic nitrogens is 2. The van der Waals surface area contributed by atoms with Gasteiger partial charge in [0.25, 0.3) is 29.5 Å². The second-order valence-electron chi connectivity index (χ2n) is 7.59. The maximum atomic E-state index is 13.2. The first-order valence-corrected chi connectivity index (χ1v) is 10.4. The number of carbonyl (C=O) groups is 4. The van der Waals surface area contributed by atoms with E-state index >= 15 is 0 Å². The number of hydrogen-bond acceptors (Lipinski definition) is 7. The van der Waals surface area contributed by atoms with Crippen LogP contribution in [0.4, 0.5) is 6.01 Å². The van der Waals surface area contributed by atoms with Crippen molar-refractivity contribution >= 4 is 41.2 Å². The molecule has 164 valence electrons. The van der Waals surface area contributed by atoms with Crippen LogP contribution in [-0.2, 0) is 0 Å². The number of amides is 4. The first-order chi connectivity index (χ1) is 16.4. The second-order valence-corrected chi connectivity index (χ2v) is 7.99. The quantitative estimate of drug-likeness (QED) is 0.452. The number of nitrogens with zero attached hydrogens (tertiary/aromatic N) is 3. The Labute approximate surface area is 196 Å². The normalized spacial score (nSPS) is 14.4. The van der Waals surface area contributed by atoms with Gasteiger partial charge in [0.05, 0.1) is 32.8 Å². The minimum atomic E-state index is -0.649. The van der Waals surface area contributed by atoms with Gasteiger partial charge in [-0.2, -0.15) is 4.90 Å². The zero-order valence-corrected chi connectivity index (χ0v) is 17.8. The van der Waals surface area contributed by atoms with Crippen molar-refractivity contribution in [3.05, 3.63) is 87.9 Å². The molecule has 34 heavy (non-hydrogen) atoms. The van der Waals surface area contributed by atoms with Crippen molar-refractivity contribution < 1.29 is 23.6 Å². The highest BCUT2D eigenvalue weighted by Crippen LogP contribution is 2.35. The summed E-state index contributed by atoms with van der Waals surface area (Å²) in [4.78, 5) is 51.3. The molecule has 6 rings (SSSR count). The molecule has 9 nitrogen and oxygen atoms in total. The predicted molar refractivity (Wildman–Crippen MR) is 120 cm³/mol. The van der Waals surface area contributed by atoms with Crippen molar-refractivity contribution in [2.24, 2.45) is 0 Å². The molecule has 0 bridgehead atoms. The van der Waals surface area contributed by atoms with Gasteiger partial charge in [-0.05, 0) is 41.5 Å². The average Bonchev–Trinajstić information content (AvgIpc) is 3.50. The molecular formula is C24H11ClN4O5. The lowest BCUT2D eigenvalue weighted by atomic mass is 9.94. The molecule has 2 aliphatic heterocycles. The molecule has 0 spiro atoms. The van der Waals surface area contributed by atoms with Crippen molar-refractivity contribution in [3.8, 4) is 22.6 Å². The molecule has 0 saturated heterocycles. The zero-order chi connectivity index (χ0) is 23.6. The van der Waals surface area contributed by atoms with Gasteiger partial charge in [0.15, 0.2) is 0 Å². The third kappa shape index (κ3) is 2.81. The highest BCUT2D eigenvalue weighted by Gasteiger charge is 2.40. The van der Waals surface area contributed by atoms with Gasteiger partial charge in [-0.15, -0.1) is 5.10 Å². The summed E-state index contributed by atoms with van der Waals surface area (Å²) in [7, 11) is 0. The Morgan fingerprint density at radius 3 is 2.29 bits per heavy atom. The van der Waals surface area contributed by atoms with Gasteiger partial charge in [0, 0.05) is 0 Å². The average molecular weight is 471 g/mol. The molecular weight excluding hydrogens is 460 g/mol. The number of fused-ring (bicyclic) bond motifs is 2. The van der Waals surface area contributed by atoms with Gasteiger partial charge in [0.2, 0.25) is 0 Å². The van der Waals surface area contributed by atoms with Crippen LogP contribution >= 0.6 is 11.6 Å². The summed E-state index contributed by atoms with van der Waals surface area (Å²) < 4.78 is 5.59. The molecule has 1 aromatic heterocycles. The van der Waals surface area contributed by atoms with Crippen LogP contribution in [0.2, 0.25) is 5.02 Å². The van der Waals surface area contributed by atoms with Crippen molar-refractivity contribution in [2.75, 3.05) is 4.90 Å². The number of carbonyl (C=O) groups excluding carboxylic acids is 4. The van der Waals surface area contributed by atoms with E-state index in [2.05, 4.69) is 15.5 Å². The van der Waals surface area contributed by atoms with Crippen molar-refractivity contribution in [1.29, 1.82) is 0 Å². The lowest BCUT2D eigenvalue weighted by Crippen LogP contribution is -2.29. The fourth-order valence-corrected chi connectivity index (χ4v) is 4.31. The van der Waals surface area contributed by atoms with Crippen LogP contribution in [0, 0.1) is 0 Å². The Morgan fingerprint density at radius 1 is 0.735 bits per heavy atom. The Kier molecular flexibility index (Phi) is 4.23. The molecule has 10 heteroatoms. The molecule has 3 aromatic carbocycles. The predicted octanol–water partition coefficient (Wildman–Crippen LogP) is 3.74. The van der Waals surface area contributed by atoms with E-state index < -0.39 is 23.6 Å². The van der Waals surface area contributed by atoms with Crippen LogP contribution in [0.1, 0.15) is 41.4 Å². The van der Waals surface area contributed by atoms with Crippen molar-refractivity contribution in [1.82, 2.24) is 15.5 Å². The van der Waals surface area contributed by atoms with Gasteiger partial charge in [-0.1, -0.05) is 47.0 Å². The lowest BCUT2D eigenvalue weighted by molar-refractivity contribution is 0.0874. The molecule has 4 aromatic rings. The van der Waals surface area contributed by atoms with Gasteiger partial charge >= 0.3 is 6.01 Å². The monoisotopic (exact) mass is 470 g/mol. The molecule has 0 atom stereocenters. The number of imide groups is 2. The second kappa shape index (κ2) is 7.19. The Bertz CT molecular complexity index is 1590. The molecule has 0 saturated carbocycles. The minimum Gasteiger partial charge on any atom is -0.403 e. The smallest absolute Gasteiger partial charge is 0.332 e. The van der Waals surface area contributed by atoms with E-state index in [1.807, 2.05) is 0 Å².